The van der Waals surface area contributed by atoms with Crippen LogP contribution in [0.1, 0.15) is 29.3 Å². The third-order valence-electron chi connectivity index (χ3n) is 5.06. The highest BCUT2D eigenvalue weighted by Gasteiger charge is 2.27. The molecule has 24 heavy (non-hydrogen) atoms. The number of fused-ring (bicyclic) bond motifs is 1. The molecule has 1 aliphatic heterocycles. The Morgan fingerprint density at radius 2 is 2.08 bits per heavy atom. The SMILES string of the molecule is CNC1CN(c2cc(CNC3CCc4ccccc43)nc(N)n2)C1. The highest BCUT2D eigenvalue weighted by molar-refractivity contribution is 5.46. The van der Waals surface area contributed by atoms with E-state index in [9.17, 15) is 0 Å². The second-order valence-corrected chi connectivity index (χ2v) is 6.64. The maximum absolute atomic E-state index is 5.91. The fraction of sp³-hybridized carbons (Fsp3) is 0.444. The van der Waals surface area contributed by atoms with Crippen molar-refractivity contribution in [1.82, 2.24) is 20.6 Å². The number of rotatable bonds is 5. The first kappa shape index (κ1) is 15.4. The molecule has 2 aliphatic rings. The van der Waals surface area contributed by atoms with Gasteiger partial charge in [0.1, 0.15) is 5.82 Å². The molecular weight excluding hydrogens is 300 g/mol. The molecule has 2 aromatic rings. The first-order chi connectivity index (χ1) is 11.7. The van der Waals surface area contributed by atoms with Crippen molar-refractivity contribution in [3.05, 3.63) is 47.2 Å². The summed E-state index contributed by atoms with van der Waals surface area (Å²) in [5, 5.41) is 6.90. The van der Waals surface area contributed by atoms with Gasteiger partial charge in [-0.05, 0) is 31.0 Å². The van der Waals surface area contributed by atoms with Crippen LogP contribution in [0.25, 0.3) is 0 Å². The van der Waals surface area contributed by atoms with Crippen molar-refractivity contribution in [1.29, 1.82) is 0 Å². The van der Waals surface area contributed by atoms with Gasteiger partial charge in [-0.3, -0.25) is 0 Å². The van der Waals surface area contributed by atoms with Crippen molar-refractivity contribution in [3.63, 3.8) is 0 Å². The summed E-state index contributed by atoms with van der Waals surface area (Å²) in [6.45, 7) is 2.65. The molecule has 0 amide bonds. The molecule has 1 aromatic heterocycles. The molecule has 1 unspecified atom stereocenters. The van der Waals surface area contributed by atoms with Crippen molar-refractivity contribution >= 4 is 11.8 Å². The lowest BCUT2D eigenvalue weighted by Crippen LogP contribution is -2.57. The van der Waals surface area contributed by atoms with Gasteiger partial charge in [0.05, 0.1) is 5.69 Å². The van der Waals surface area contributed by atoms with E-state index in [1.165, 1.54) is 11.1 Å². The lowest BCUT2D eigenvalue weighted by Gasteiger charge is -2.40. The maximum atomic E-state index is 5.91. The average Bonchev–Trinajstić information content (AvgIpc) is 2.95. The predicted octanol–water partition coefficient (Wildman–Crippen LogP) is 1.24. The van der Waals surface area contributed by atoms with E-state index in [1.807, 2.05) is 7.05 Å². The smallest absolute Gasteiger partial charge is 0.222 e. The number of nitrogens with one attached hydrogen (secondary N) is 2. The zero-order valence-electron chi connectivity index (χ0n) is 14.0. The largest absolute Gasteiger partial charge is 0.368 e. The summed E-state index contributed by atoms with van der Waals surface area (Å²) in [7, 11) is 1.99. The van der Waals surface area contributed by atoms with Crippen LogP contribution >= 0.6 is 0 Å². The summed E-state index contributed by atoms with van der Waals surface area (Å²) in [4.78, 5) is 11.0. The van der Waals surface area contributed by atoms with Crippen molar-refractivity contribution in [2.75, 3.05) is 30.8 Å². The van der Waals surface area contributed by atoms with E-state index in [4.69, 9.17) is 5.73 Å². The van der Waals surface area contributed by atoms with E-state index < -0.39 is 0 Å². The van der Waals surface area contributed by atoms with Crippen LogP contribution in [0, 0.1) is 0 Å². The molecule has 2 heterocycles. The molecule has 4 rings (SSSR count). The number of hydrogen-bond donors (Lipinski definition) is 3. The number of aryl methyl sites for hydroxylation is 1. The number of likely N-dealkylation sites (N-methyl/N-ethyl adjacent to an activating group) is 1. The van der Waals surface area contributed by atoms with Crippen LogP contribution in [0.3, 0.4) is 0 Å². The monoisotopic (exact) mass is 324 g/mol. The van der Waals surface area contributed by atoms with Crippen LogP contribution in [0.5, 0.6) is 0 Å². The standard InChI is InChI=1S/C18H24N6/c1-20-14-10-24(11-14)17-8-13(22-18(19)23-17)9-21-16-7-6-12-4-2-3-5-15(12)16/h2-5,8,14,16,20-21H,6-7,9-11H2,1H3,(H2,19,22,23). The zero-order valence-corrected chi connectivity index (χ0v) is 14.0. The highest BCUT2D eigenvalue weighted by Crippen LogP contribution is 2.31. The second-order valence-electron chi connectivity index (χ2n) is 6.64. The van der Waals surface area contributed by atoms with E-state index in [2.05, 4.69) is 55.8 Å². The Hall–Kier alpha value is -2.18. The van der Waals surface area contributed by atoms with E-state index in [1.54, 1.807) is 0 Å². The molecule has 4 N–H and O–H groups in total. The summed E-state index contributed by atoms with van der Waals surface area (Å²) in [6.07, 6.45) is 2.28. The minimum atomic E-state index is 0.351. The van der Waals surface area contributed by atoms with Crippen LogP contribution in [0.4, 0.5) is 11.8 Å². The summed E-state index contributed by atoms with van der Waals surface area (Å²) in [5.41, 5.74) is 9.74. The Labute approximate surface area is 142 Å². The minimum absolute atomic E-state index is 0.351. The molecule has 6 heteroatoms. The quantitative estimate of drug-likeness (QED) is 0.768. The first-order valence-electron chi connectivity index (χ1n) is 8.60. The number of hydrogen-bond acceptors (Lipinski definition) is 6. The van der Waals surface area contributed by atoms with E-state index in [0.29, 0.717) is 24.6 Å². The van der Waals surface area contributed by atoms with Crippen LogP contribution in [0.2, 0.25) is 0 Å². The number of nitrogens with two attached hydrogens (primary N) is 1. The molecule has 1 fully saturated rings. The van der Waals surface area contributed by atoms with Crippen molar-refractivity contribution < 1.29 is 0 Å². The van der Waals surface area contributed by atoms with Gasteiger partial charge >= 0.3 is 0 Å². The first-order valence-corrected chi connectivity index (χ1v) is 8.60. The van der Waals surface area contributed by atoms with Crippen LogP contribution in [-0.4, -0.2) is 36.1 Å². The highest BCUT2D eigenvalue weighted by atomic mass is 15.3. The van der Waals surface area contributed by atoms with Crippen molar-refractivity contribution in [2.24, 2.45) is 0 Å². The normalized spacial score (nSPS) is 20.0. The van der Waals surface area contributed by atoms with Gasteiger partial charge in [-0.15, -0.1) is 0 Å². The molecule has 0 bridgehead atoms. The van der Waals surface area contributed by atoms with Gasteiger partial charge in [0.2, 0.25) is 5.95 Å². The van der Waals surface area contributed by atoms with Crippen LogP contribution in [-0.2, 0) is 13.0 Å². The van der Waals surface area contributed by atoms with Gasteiger partial charge in [0.15, 0.2) is 0 Å². The Morgan fingerprint density at radius 1 is 1.25 bits per heavy atom. The third-order valence-corrected chi connectivity index (χ3v) is 5.06. The number of benzene rings is 1. The number of anilines is 2. The lowest BCUT2D eigenvalue weighted by molar-refractivity contribution is 0.446. The van der Waals surface area contributed by atoms with Crippen molar-refractivity contribution in [2.45, 2.75) is 31.5 Å². The predicted molar refractivity (Wildman–Crippen MR) is 95.8 cm³/mol. The van der Waals surface area contributed by atoms with Gasteiger partial charge in [-0.2, -0.15) is 4.98 Å². The molecule has 1 saturated heterocycles. The van der Waals surface area contributed by atoms with E-state index in [-0.39, 0.29) is 0 Å². The van der Waals surface area contributed by atoms with Gasteiger partial charge < -0.3 is 21.3 Å². The maximum Gasteiger partial charge on any atom is 0.222 e. The van der Waals surface area contributed by atoms with Gasteiger partial charge in [0.25, 0.3) is 0 Å². The molecule has 0 saturated carbocycles. The molecule has 1 aliphatic carbocycles. The summed E-state index contributed by atoms with van der Waals surface area (Å²) in [6, 6.07) is 11.7. The molecule has 126 valence electrons. The molecule has 1 atom stereocenters. The fourth-order valence-corrected chi connectivity index (χ4v) is 3.60. The van der Waals surface area contributed by atoms with Gasteiger partial charge in [-0.25, -0.2) is 4.98 Å². The van der Waals surface area contributed by atoms with E-state index >= 15 is 0 Å². The fourth-order valence-electron chi connectivity index (χ4n) is 3.60. The van der Waals surface area contributed by atoms with E-state index in [0.717, 1.165) is 37.4 Å². The van der Waals surface area contributed by atoms with Gasteiger partial charge in [-0.1, -0.05) is 24.3 Å². The van der Waals surface area contributed by atoms with Crippen LogP contribution < -0.4 is 21.3 Å². The zero-order chi connectivity index (χ0) is 16.5. The van der Waals surface area contributed by atoms with Gasteiger partial charge in [0, 0.05) is 37.8 Å². The molecule has 6 nitrogen and oxygen atoms in total. The Balaban J connectivity index is 1.43. The average molecular weight is 324 g/mol. The Bertz CT molecular complexity index is 725. The Kier molecular flexibility index (Phi) is 4.08. The van der Waals surface area contributed by atoms with Crippen molar-refractivity contribution in [3.8, 4) is 0 Å². The number of nitrogens with zero attached hydrogens (tertiary/aromatic N) is 3. The summed E-state index contributed by atoms with van der Waals surface area (Å²) < 4.78 is 0. The Morgan fingerprint density at radius 3 is 2.92 bits per heavy atom. The molecular formula is C18H24N6. The topological polar surface area (TPSA) is 79.1 Å². The third kappa shape index (κ3) is 2.95. The summed E-state index contributed by atoms with van der Waals surface area (Å²) >= 11 is 0. The lowest BCUT2D eigenvalue weighted by atomic mass is 10.1. The summed E-state index contributed by atoms with van der Waals surface area (Å²) in [5.74, 6) is 1.28. The number of nitrogen functional groups attached to an aromatic ring is 1. The molecule has 0 spiro atoms. The number of aromatic nitrogens is 2. The second kappa shape index (κ2) is 6.37. The molecule has 0 radical (unpaired) electrons. The van der Waals surface area contributed by atoms with Crippen LogP contribution in [0.15, 0.2) is 30.3 Å². The minimum Gasteiger partial charge on any atom is -0.368 e. The molecule has 1 aromatic carbocycles.